The van der Waals surface area contributed by atoms with Gasteiger partial charge in [0.25, 0.3) is 5.56 Å². The Bertz CT molecular complexity index is 1620. The lowest BCUT2D eigenvalue weighted by molar-refractivity contribution is -0.146. The smallest absolute Gasteiger partial charge is 0.333 e. The van der Waals surface area contributed by atoms with Gasteiger partial charge in [0.15, 0.2) is 0 Å². The number of aliphatic carboxylic acids is 1. The lowest BCUT2D eigenvalue weighted by Crippen LogP contribution is -2.52. The number of carbonyl (C=O) groups is 1. The number of methoxy groups -OCH3 is 1. The molecule has 38 heavy (non-hydrogen) atoms. The van der Waals surface area contributed by atoms with Crippen molar-refractivity contribution in [3.63, 3.8) is 0 Å². The highest BCUT2D eigenvalue weighted by molar-refractivity contribution is 7.21. The van der Waals surface area contributed by atoms with Gasteiger partial charge in [-0.1, -0.05) is 11.3 Å². The maximum atomic E-state index is 14.3. The Morgan fingerprint density at radius 2 is 1.97 bits per heavy atom. The number of halogens is 1. The molecule has 10 nitrogen and oxygen atoms in total. The Balaban J connectivity index is 2.07. The number of ether oxygens (including phenoxy) is 2. The molecule has 3 heterocycles. The standard InChI is InChI=1S/C26H29FN4O6S/c1-14(2)37-19(17-12-16(27)8-9-18(17)36-6)13-29-23-20(15(3)22(38-23)30-11-7-10-28-30)21(32)31(25(29)35)26(4,5)24(33)34/h7-12,14,19H,13H2,1-6H3,(H,33,34)/t19-/m0/s1. The maximum Gasteiger partial charge on any atom is 0.333 e. The number of hydrogen-bond donors (Lipinski definition) is 1. The van der Waals surface area contributed by atoms with Gasteiger partial charge in [-0.05, 0) is 58.9 Å². The molecular formula is C26H29FN4O6S. The molecule has 1 aromatic carbocycles. The SMILES string of the molecule is COc1ccc(F)cc1[C@H](Cn1c(=O)n(C(C)(C)C(=O)O)c(=O)c2c(C)c(-n3cccn3)sc21)OC(C)C. The van der Waals surface area contributed by atoms with E-state index in [2.05, 4.69) is 5.10 Å². The highest BCUT2D eigenvalue weighted by Crippen LogP contribution is 2.35. The highest BCUT2D eigenvalue weighted by atomic mass is 32.1. The average Bonchev–Trinajstić information content (AvgIpc) is 3.48. The van der Waals surface area contributed by atoms with Gasteiger partial charge in [-0.25, -0.2) is 23.2 Å². The van der Waals surface area contributed by atoms with Crippen molar-refractivity contribution in [1.82, 2.24) is 18.9 Å². The third kappa shape index (κ3) is 4.65. The number of aryl methyl sites for hydroxylation is 1. The number of carboxylic acids is 1. The van der Waals surface area contributed by atoms with Crippen molar-refractivity contribution < 1.29 is 23.8 Å². The molecule has 0 saturated carbocycles. The first kappa shape index (κ1) is 27.3. The summed E-state index contributed by atoms with van der Waals surface area (Å²) >= 11 is 1.18. The van der Waals surface area contributed by atoms with E-state index in [-0.39, 0.29) is 18.0 Å². The third-order valence-electron chi connectivity index (χ3n) is 6.31. The first-order valence-corrected chi connectivity index (χ1v) is 12.7. The lowest BCUT2D eigenvalue weighted by Gasteiger charge is -2.26. The van der Waals surface area contributed by atoms with Crippen molar-refractivity contribution in [1.29, 1.82) is 0 Å². The molecule has 0 aliphatic carbocycles. The topological polar surface area (TPSA) is 118 Å². The second-order valence-corrected chi connectivity index (χ2v) is 10.6. The molecule has 12 heteroatoms. The number of thiophene rings is 1. The monoisotopic (exact) mass is 544 g/mol. The van der Waals surface area contributed by atoms with Crippen LogP contribution in [0.15, 0.2) is 46.2 Å². The van der Waals surface area contributed by atoms with E-state index in [1.165, 1.54) is 55.1 Å². The van der Waals surface area contributed by atoms with Gasteiger partial charge in [0.2, 0.25) is 0 Å². The normalized spacial score (nSPS) is 12.8. The van der Waals surface area contributed by atoms with Crippen LogP contribution in [0, 0.1) is 12.7 Å². The summed E-state index contributed by atoms with van der Waals surface area (Å²) in [4.78, 5) is 40.1. The zero-order valence-electron chi connectivity index (χ0n) is 21.9. The van der Waals surface area contributed by atoms with Crippen LogP contribution in [-0.2, 0) is 21.6 Å². The number of nitrogens with zero attached hydrogens (tertiary/aromatic N) is 4. The Hall–Kier alpha value is -3.77. The van der Waals surface area contributed by atoms with E-state index in [9.17, 15) is 23.9 Å². The summed E-state index contributed by atoms with van der Waals surface area (Å²) in [5.41, 5.74) is -2.47. The number of fused-ring (bicyclic) bond motifs is 1. The van der Waals surface area contributed by atoms with Crippen molar-refractivity contribution in [2.75, 3.05) is 7.11 Å². The highest BCUT2D eigenvalue weighted by Gasteiger charge is 2.36. The van der Waals surface area contributed by atoms with Gasteiger partial charge >= 0.3 is 11.7 Å². The molecule has 1 atom stereocenters. The van der Waals surface area contributed by atoms with E-state index in [4.69, 9.17) is 9.47 Å². The summed E-state index contributed by atoms with van der Waals surface area (Å²) in [6, 6.07) is 5.73. The van der Waals surface area contributed by atoms with Gasteiger partial charge in [0.05, 0.1) is 25.1 Å². The van der Waals surface area contributed by atoms with Crippen LogP contribution in [0.25, 0.3) is 15.2 Å². The lowest BCUT2D eigenvalue weighted by atomic mass is 10.1. The summed E-state index contributed by atoms with van der Waals surface area (Å²) in [5.74, 6) is -1.50. The van der Waals surface area contributed by atoms with E-state index in [1.54, 1.807) is 43.9 Å². The first-order chi connectivity index (χ1) is 17.9. The minimum absolute atomic E-state index is 0.137. The van der Waals surface area contributed by atoms with Crippen molar-refractivity contribution in [3.8, 4) is 10.8 Å². The predicted octanol–water partition coefficient (Wildman–Crippen LogP) is 3.85. The minimum atomic E-state index is -1.85. The summed E-state index contributed by atoms with van der Waals surface area (Å²) in [7, 11) is 1.45. The molecule has 0 saturated heterocycles. The van der Waals surface area contributed by atoms with Crippen LogP contribution >= 0.6 is 11.3 Å². The first-order valence-electron chi connectivity index (χ1n) is 11.9. The van der Waals surface area contributed by atoms with Gasteiger partial charge in [0.1, 0.15) is 33.0 Å². The number of hydrogen-bond acceptors (Lipinski definition) is 7. The summed E-state index contributed by atoms with van der Waals surface area (Å²) in [6.07, 6.45) is 2.12. The molecule has 1 N–H and O–H groups in total. The van der Waals surface area contributed by atoms with Gasteiger partial charge in [-0.15, -0.1) is 0 Å². The molecule has 0 aliphatic rings. The largest absolute Gasteiger partial charge is 0.496 e. The maximum absolute atomic E-state index is 14.3. The van der Waals surface area contributed by atoms with Crippen LogP contribution in [-0.4, -0.2) is 43.2 Å². The molecule has 0 spiro atoms. The Morgan fingerprint density at radius 3 is 2.55 bits per heavy atom. The van der Waals surface area contributed by atoms with Gasteiger partial charge in [-0.2, -0.15) is 5.10 Å². The third-order valence-corrected chi connectivity index (χ3v) is 7.61. The van der Waals surface area contributed by atoms with E-state index < -0.39 is 34.7 Å². The van der Waals surface area contributed by atoms with Crippen LogP contribution in [0.2, 0.25) is 0 Å². The fraction of sp³-hybridized carbons (Fsp3) is 0.385. The molecule has 0 bridgehead atoms. The summed E-state index contributed by atoms with van der Waals surface area (Å²) < 4.78 is 29.6. The Morgan fingerprint density at radius 1 is 1.26 bits per heavy atom. The predicted molar refractivity (Wildman–Crippen MR) is 141 cm³/mol. The fourth-order valence-electron chi connectivity index (χ4n) is 4.36. The molecule has 4 rings (SSSR count). The molecule has 3 aromatic heterocycles. The number of carboxylic acid groups (broad SMARTS) is 1. The molecular weight excluding hydrogens is 515 g/mol. The van der Waals surface area contributed by atoms with Crippen molar-refractivity contribution in [2.45, 2.75) is 58.9 Å². The molecule has 0 amide bonds. The van der Waals surface area contributed by atoms with Gasteiger partial charge < -0.3 is 14.6 Å². The quantitative estimate of drug-likeness (QED) is 0.340. The van der Waals surface area contributed by atoms with Gasteiger partial charge in [-0.3, -0.25) is 9.36 Å². The molecule has 0 aliphatic heterocycles. The van der Waals surface area contributed by atoms with Crippen LogP contribution in [0.1, 0.15) is 44.9 Å². The van der Waals surface area contributed by atoms with Crippen LogP contribution in [0.5, 0.6) is 5.75 Å². The van der Waals surface area contributed by atoms with Gasteiger partial charge in [0, 0.05) is 23.5 Å². The molecule has 0 unspecified atom stereocenters. The molecule has 0 radical (unpaired) electrons. The minimum Gasteiger partial charge on any atom is -0.496 e. The summed E-state index contributed by atoms with van der Waals surface area (Å²) in [6.45, 7) is 7.78. The number of aromatic nitrogens is 4. The van der Waals surface area contributed by atoms with Crippen molar-refractivity contribution in [2.24, 2.45) is 0 Å². The molecule has 0 fully saturated rings. The van der Waals surface area contributed by atoms with E-state index >= 15 is 0 Å². The zero-order valence-corrected chi connectivity index (χ0v) is 22.7. The molecule has 202 valence electrons. The van der Waals surface area contributed by atoms with Crippen LogP contribution in [0.4, 0.5) is 4.39 Å². The van der Waals surface area contributed by atoms with E-state index in [1.807, 2.05) is 0 Å². The van der Waals surface area contributed by atoms with E-state index in [0.29, 0.717) is 26.7 Å². The van der Waals surface area contributed by atoms with Crippen molar-refractivity contribution >= 4 is 27.5 Å². The van der Waals surface area contributed by atoms with Crippen LogP contribution in [0.3, 0.4) is 0 Å². The number of benzene rings is 1. The van der Waals surface area contributed by atoms with Crippen molar-refractivity contribution in [3.05, 3.63) is 74.4 Å². The zero-order chi connectivity index (χ0) is 27.9. The summed E-state index contributed by atoms with van der Waals surface area (Å²) in [5, 5.41) is 15.0. The second kappa shape index (κ2) is 10.2. The average molecular weight is 545 g/mol. The second-order valence-electron chi connectivity index (χ2n) is 9.62. The number of rotatable bonds is 9. The Labute approximate surface area is 221 Å². The van der Waals surface area contributed by atoms with Crippen LogP contribution < -0.4 is 16.0 Å². The van der Waals surface area contributed by atoms with E-state index in [0.717, 1.165) is 4.57 Å². The fourth-order valence-corrected chi connectivity index (χ4v) is 5.60. The molecule has 4 aromatic rings. The Kier molecular flexibility index (Phi) is 7.31.